The third-order valence-corrected chi connectivity index (χ3v) is 2.85. The van der Waals surface area contributed by atoms with Crippen molar-refractivity contribution in [2.24, 2.45) is 0 Å². The minimum atomic E-state index is -5.31. The summed E-state index contributed by atoms with van der Waals surface area (Å²) in [6, 6.07) is 10.0. The molecule has 1 rings (SSSR count). The summed E-state index contributed by atoms with van der Waals surface area (Å²) in [5, 5.41) is 7.89. The molecule has 0 saturated carbocycles. The maximum absolute atomic E-state index is 10.2. The molecular weight excluding hydrogens is 587 g/mol. The molecule has 0 unspecified atom stereocenters. The summed E-state index contributed by atoms with van der Waals surface area (Å²) in [5.41, 5.74) is 1.78. The van der Waals surface area contributed by atoms with Crippen molar-refractivity contribution in [3.05, 3.63) is 92.1 Å². The number of hydrogen-bond donors (Lipinski definition) is 1. The van der Waals surface area contributed by atoms with Gasteiger partial charge in [-0.2, -0.15) is 0 Å². The maximum Gasteiger partial charge on any atom is 1.00 e. The van der Waals surface area contributed by atoms with Gasteiger partial charge >= 0.3 is 115 Å². The number of carbonyl (C=O) groups excluding carboxylic acids is 1. The molecule has 37 heavy (non-hydrogen) atoms. The van der Waals surface area contributed by atoms with Crippen LogP contribution in [0.15, 0.2) is 86.5 Å². The zero-order valence-corrected chi connectivity index (χ0v) is 29.3. The molecular formula is C21H28K2O12S2. The van der Waals surface area contributed by atoms with E-state index in [1.54, 1.807) is 19.1 Å². The van der Waals surface area contributed by atoms with Crippen molar-refractivity contribution in [2.75, 3.05) is 7.11 Å². The second-order valence-corrected chi connectivity index (χ2v) is 7.30. The Morgan fingerprint density at radius 1 is 0.838 bits per heavy atom. The largest absolute Gasteiger partial charge is 1.00 e. The number of esters is 1. The smallest absolute Gasteiger partial charge is 0.724 e. The third kappa shape index (κ3) is 53.0. The van der Waals surface area contributed by atoms with Gasteiger partial charge in [-0.1, -0.05) is 81.5 Å². The van der Waals surface area contributed by atoms with E-state index in [2.05, 4.69) is 46.3 Å². The quantitative estimate of drug-likeness (QED) is 0.0476. The molecule has 12 nitrogen and oxygen atoms in total. The van der Waals surface area contributed by atoms with Gasteiger partial charge in [0.15, 0.2) is 0 Å². The Morgan fingerprint density at radius 3 is 1.27 bits per heavy atom. The molecule has 1 N–H and O–H groups in total. The number of hydrogen-bond acceptors (Lipinski definition) is 11. The average molecular weight is 615 g/mol. The Labute approximate surface area is 303 Å². The minimum absolute atomic E-state index is 0. The van der Waals surface area contributed by atoms with E-state index in [4.69, 9.17) is 5.11 Å². The fraction of sp³-hybridized carbons (Fsp3) is 0.143. The van der Waals surface area contributed by atoms with Gasteiger partial charge in [-0.05, 0) is 19.4 Å². The van der Waals surface area contributed by atoms with Crippen molar-refractivity contribution in [2.45, 2.75) is 13.8 Å². The molecule has 0 fully saturated rings. The summed E-state index contributed by atoms with van der Waals surface area (Å²) in [6.45, 7) is 19.9. The van der Waals surface area contributed by atoms with Gasteiger partial charge in [0.05, 0.1) is 7.11 Å². The van der Waals surface area contributed by atoms with Gasteiger partial charge in [0.25, 0.3) is 0 Å². The van der Waals surface area contributed by atoms with Gasteiger partial charge in [-0.15, -0.1) is 8.67 Å². The molecule has 1 aromatic carbocycles. The van der Waals surface area contributed by atoms with Crippen LogP contribution in [0.1, 0.15) is 19.4 Å². The van der Waals surface area contributed by atoms with Crippen LogP contribution in [0.5, 0.6) is 0 Å². The normalized spacial score (nSPS) is 8.68. The Bertz CT molecular complexity index is 987. The molecule has 0 bridgehead atoms. The van der Waals surface area contributed by atoms with Crippen molar-refractivity contribution >= 4 is 38.8 Å². The van der Waals surface area contributed by atoms with Crippen LogP contribution in [0.2, 0.25) is 0 Å². The average Bonchev–Trinajstić information content (AvgIpc) is 2.78. The Kier molecular flexibility index (Phi) is 40.9. The van der Waals surface area contributed by atoms with Crippen LogP contribution in [0.25, 0.3) is 6.08 Å². The fourth-order valence-electron chi connectivity index (χ4n) is 0.831. The number of carboxylic acids is 1. The molecule has 0 aliphatic heterocycles. The van der Waals surface area contributed by atoms with Gasteiger partial charge < -0.3 is 18.9 Å². The van der Waals surface area contributed by atoms with Crippen LogP contribution in [-0.4, -0.2) is 50.1 Å². The molecule has 0 amide bonds. The minimum Gasteiger partial charge on any atom is -0.724 e. The van der Waals surface area contributed by atoms with Crippen LogP contribution in [0.3, 0.4) is 0 Å². The fourth-order valence-corrected chi connectivity index (χ4v) is 1.38. The zero-order valence-electron chi connectivity index (χ0n) is 21.4. The van der Waals surface area contributed by atoms with Crippen LogP contribution < -0.4 is 103 Å². The van der Waals surface area contributed by atoms with E-state index in [0.29, 0.717) is 5.57 Å². The van der Waals surface area contributed by atoms with E-state index in [0.717, 1.165) is 0 Å². The first kappa shape index (κ1) is 49.8. The summed E-state index contributed by atoms with van der Waals surface area (Å²) in [7, 11) is -9.29. The summed E-state index contributed by atoms with van der Waals surface area (Å²) in [5.74, 6) is -1.28. The van der Waals surface area contributed by atoms with Gasteiger partial charge in [-0.25, -0.2) is 26.4 Å². The van der Waals surface area contributed by atoms with Gasteiger partial charge in [0, 0.05) is 11.1 Å². The molecule has 1 aromatic rings. The first-order valence-corrected chi connectivity index (χ1v) is 11.4. The van der Waals surface area contributed by atoms with Crippen molar-refractivity contribution < 1.29 is 157 Å². The van der Waals surface area contributed by atoms with Crippen molar-refractivity contribution in [1.29, 1.82) is 0 Å². The van der Waals surface area contributed by atoms with Crippen LogP contribution in [0, 0.1) is 0 Å². The van der Waals surface area contributed by atoms with E-state index in [9.17, 15) is 35.5 Å². The first-order chi connectivity index (χ1) is 15.9. The van der Waals surface area contributed by atoms with Gasteiger partial charge in [0.2, 0.25) is 20.8 Å². The predicted octanol–water partition coefficient (Wildman–Crippen LogP) is -3.07. The molecule has 0 aliphatic rings. The molecule has 0 heterocycles. The van der Waals surface area contributed by atoms with Gasteiger partial charge in [-0.3, -0.25) is 0 Å². The molecule has 198 valence electrons. The molecule has 0 aliphatic carbocycles. The Morgan fingerprint density at radius 2 is 1.16 bits per heavy atom. The summed E-state index contributed by atoms with van der Waals surface area (Å²) in [4.78, 5) is 19.8. The number of rotatable bonds is 7. The molecule has 0 radical (unpaired) electrons. The van der Waals surface area contributed by atoms with E-state index in [-0.39, 0.29) is 114 Å². The monoisotopic (exact) mass is 614 g/mol. The second kappa shape index (κ2) is 30.4. The summed E-state index contributed by atoms with van der Waals surface area (Å²) in [6.07, 6.45) is 5.11. The second-order valence-electron chi connectivity index (χ2n) is 5.40. The topological polar surface area (TPSA) is 196 Å². The van der Waals surface area contributed by atoms with E-state index >= 15 is 0 Å². The predicted molar refractivity (Wildman–Crippen MR) is 128 cm³/mol. The number of allylic oxidation sites excluding steroid dienone is 2. The van der Waals surface area contributed by atoms with Crippen molar-refractivity contribution in [1.82, 2.24) is 0 Å². The molecule has 0 aromatic heterocycles. The standard InChI is InChI=1S/C8H8.C5H8O2.C4H6O2.C4H6.2K.H2O8S2/c1-2-8-6-4-3-5-7-8;1-4(2)5(6)7-3;1-3(2)4(5)6;1-3-4-2;;;1-9(2,3)7-8-10(4,5)6/h2-7H,1H2;1H2,2-3H3;1H2,2H3,(H,5,6);3-4H,1-2H2;;;(H,1,2,3)(H,4,5,6)/q;;;;2*+1;/p-2. The van der Waals surface area contributed by atoms with E-state index < -0.39 is 26.8 Å². The van der Waals surface area contributed by atoms with Crippen LogP contribution in [-0.2, 0) is 43.8 Å². The zero-order chi connectivity index (χ0) is 28.7. The molecule has 0 atom stereocenters. The SMILES string of the molecule is C=C(C)C(=O)O.C=C(C)C(=O)OC.C=CC=C.C=Cc1ccccc1.O=S(=O)([O-])OOS(=O)(=O)[O-].[K+].[K+]. The third-order valence-electron chi connectivity index (χ3n) is 2.30. The maximum atomic E-state index is 10.2. The van der Waals surface area contributed by atoms with Crippen molar-refractivity contribution in [3.8, 4) is 0 Å². The number of benzene rings is 1. The Balaban J connectivity index is -0.0000000823. The van der Waals surface area contributed by atoms with Crippen molar-refractivity contribution in [3.63, 3.8) is 0 Å². The number of aliphatic carboxylic acids is 1. The first-order valence-electron chi connectivity index (χ1n) is 8.71. The number of methoxy groups -OCH3 is 1. The van der Waals surface area contributed by atoms with E-state index in [1.165, 1.54) is 19.6 Å². The molecule has 16 heteroatoms. The number of ether oxygens (including phenoxy) is 1. The Hall–Kier alpha value is -0.127. The summed E-state index contributed by atoms with van der Waals surface area (Å²) >= 11 is 0. The summed E-state index contributed by atoms with van der Waals surface area (Å²) < 4.78 is 65.7. The number of carboxylic acid groups (broad SMARTS) is 1. The molecule has 0 saturated heterocycles. The van der Waals surface area contributed by atoms with Crippen LogP contribution >= 0.6 is 0 Å². The van der Waals surface area contributed by atoms with Crippen LogP contribution in [0.4, 0.5) is 0 Å². The number of carbonyl (C=O) groups is 2. The molecule has 0 spiro atoms. The van der Waals surface area contributed by atoms with Gasteiger partial charge in [0.1, 0.15) is 0 Å². The van der Waals surface area contributed by atoms with E-state index in [1.807, 2.05) is 36.4 Å².